The molecule has 0 radical (unpaired) electrons. The van der Waals surface area contributed by atoms with Crippen LogP contribution in [0.15, 0.2) is 0 Å². The van der Waals surface area contributed by atoms with E-state index in [0.717, 1.165) is 0 Å². The molecule has 18 heavy (non-hydrogen) atoms. The molecule has 1 heterocycles. The molecule has 0 saturated carbocycles. The molecule has 0 amide bonds. The Labute approximate surface area is 104 Å². The van der Waals surface area contributed by atoms with Crippen molar-refractivity contribution in [3.63, 3.8) is 0 Å². The summed E-state index contributed by atoms with van der Waals surface area (Å²) in [6.45, 7) is 2.60. The predicted molar refractivity (Wildman–Crippen MR) is 66.2 cm³/mol. The third-order valence-electron chi connectivity index (χ3n) is 2.19. The molecule has 0 aromatic carbocycles. The molecule has 0 aliphatic rings. The largest absolute Gasteiger partial charge is 0.385 e. The number of nitro groups is 1. The fraction of sp³-hybridized carbons (Fsp3) is 0.556. The van der Waals surface area contributed by atoms with E-state index < -0.39 is 4.92 Å². The van der Waals surface area contributed by atoms with E-state index in [9.17, 15) is 10.1 Å². The normalized spacial score (nSPS) is 10.2. The van der Waals surface area contributed by atoms with Crippen LogP contribution in [0.25, 0.3) is 0 Å². The highest BCUT2D eigenvalue weighted by molar-refractivity contribution is 5.60. The Morgan fingerprint density at radius 1 is 1.50 bits per heavy atom. The van der Waals surface area contributed by atoms with Crippen molar-refractivity contribution in [2.75, 3.05) is 31.0 Å². The molecule has 9 heteroatoms. The van der Waals surface area contributed by atoms with E-state index >= 15 is 0 Å². The topological polar surface area (TPSA) is 128 Å². The van der Waals surface area contributed by atoms with Crippen LogP contribution in [0.1, 0.15) is 12.1 Å². The van der Waals surface area contributed by atoms with Gasteiger partial charge in [0, 0.05) is 20.3 Å². The second kappa shape index (κ2) is 6.67. The first kappa shape index (κ1) is 14.1. The molecular formula is C9H16N6O3. The van der Waals surface area contributed by atoms with Gasteiger partial charge >= 0.3 is 5.69 Å². The van der Waals surface area contributed by atoms with Gasteiger partial charge in [-0.3, -0.25) is 15.5 Å². The molecule has 1 rings (SSSR count). The summed E-state index contributed by atoms with van der Waals surface area (Å²) in [7, 11) is 1.59. The first-order valence-electron chi connectivity index (χ1n) is 5.32. The summed E-state index contributed by atoms with van der Waals surface area (Å²) in [5.74, 6) is 5.48. The van der Waals surface area contributed by atoms with Crippen molar-refractivity contribution in [2.24, 2.45) is 5.84 Å². The molecule has 1 aromatic rings. The Kier molecular flexibility index (Phi) is 5.21. The molecule has 100 valence electrons. The van der Waals surface area contributed by atoms with E-state index in [1.54, 1.807) is 7.11 Å². The van der Waals surface area contributed by atoms with Crippen molar-refractivity contribution < 1.29 is 9.66 Å². The molecular weight excluding hydrogens is 240 g/mol. The van der Waals surface area contributed by atoms with E-state index in [1.807, 2.05) is 0 Å². The van der Waals surface area contributed by atoms with Crippen LogP contribution in [0.3, 0.4) is 0 Å². The van der Waals surface area contributed by atoms with Gasteiger partial charge in [0.25, 0.3) is 0 Å². The lowest BCUT2D eigenvalue weighted by Crippen LogP contribution is -2.15. The zero-order valence-corrected chi connectivity index (χ0v) is 10.3. The summed E-state index contributed by atoms with van der Waals surface area (Å²) < 4.78 is 4.89. The van der Waals surface area contributed by atoms with Crippen molar-refractivity contribution in [2.45, 2.75) is 13.3 Å². The zero-order chi connectivity index (χ0) is 13.5. The number of methoxy groups -OCH3 is 1. The molecule has 0 spiro atoms. The van der Waals surface area contributed by atoms with E-state index in [4.69, 9.17) is 10.6 Å². The van der Waals surface area contributed by atoms with Crippen LogP contribution in [-0.2, 0) is 4.74 Å². The second-order valence-corrected chi connectivity index (χ2v) is 3.50. The van der Waals surface area contributed by atoms with E-state index in [1.165, 1.54) is 6.92 Å². The van der Waals surface area contributed by atoms with Gasteiger partial charge in [0.15, 0.2) is 0 Å². The van der Waals surface area contributed by atoms with Crippen LogP contribution >= 0.6 is 0 Å². The van der Waals surface area contributed by atoms with Gasteiger partial charge in [-0.25, -0.2) is 10.8 Å². The molecule has 1 aromatic heterocycles. The van der Waals surface area contributed by atoms with Gasteiger partial charge in [-0.1, -0.05) is 0 Å². The number of aromatic nitrogens is 2. The molecule has 0 aliphatic heterocycles. The Morgan fingerprint density at radius 3 is 2.78 bits per heavy atom. The number of rotatable bonds is 7. The van der Waals surface area contributed by atoms with E-state index in [0.29, 0.717) is 19.6 Å². The number of hydrogen-bond donors (Lipinski definition) is 3. The first-order chi connectivity index (χ1) is 8.60. The summed E-state index contributed by atoms with van der Waals surface area (Å²) in [5, 5.41) is 13.8. The number of nitrogens with zero attached hydrogens (tertiary/aromatic N) is 3. The molecule has 0 bridgehead atoms. The number of anilines is 2. The molecule has 0 saturated heterocycles. The monoisotopic (exact) mass is 256 g/mol. The molecule has 0 unspecified atom stereocenters. The summed E-state index contributed by atoms with van der Waals surface area (Å²) in [6.07, 6.45) is 0.710. The van der Waals surface area contributed by atoms with Crippen LogP contribution in [0.2, 0.25) is 0 Å². The van der Waals surface area contributed by atoms with Crippen molar-refractivity contribution in [1.82, 2.24) is 9.97 Å². The van der Waals surface area contributed by atoms with Crippen LogP contribution in [0, 0.1) is 17.0 Å². The smallest absolute Gasteiger partial charge is 0.332 e. The van der Waals surface area contributed by atoms with Crippen molar-refractivity contribution in [3.05, 3.63) is 15.8 Å². The SMILES string of the molecule is COCCCNc1nc(NN)nc(C)c1[N+](=O)[O-]. The average molecular weight is 256 g/mol. The van der Waals surface area contributed by atoms with Crippen molar-refractivity contribution in [3.8, 4) is 0 Å². The van der Waals surface area contributed by atoms with Gasteiger partial charge in [0.05, 0.1) is 4.92 Å². The Balaban J connectivity index is 2.91. The quantitative estimate of drug-likeness (QED) is 0.277. The van der Waals surface area contributed by atoms with Gasteiger partial charge in [-0.05, 0) is 13.3 Å². The minimum absolute atomic E-state index is 0.132. The number of hydrazine groups is 1. The van der Waals surface area contributed by atoms with Crippen molar-refractivity contribution >= 4 is 17.5 Å². The maximum atomic E-state index is 10.9. The van der Waals surface area contributed by atoms with E-state index in [2.05, 4.69) is 20.7 Å². The van der Waals surface area contributed by atoms with Gasteiger partial charge in [-0.2, -0.15) is 4.98 Å². The van der Waals surface area contributed by atoms with Crippen LogP contribution in [0.4, 0.5) is 17.5 Å². The van der Waals surface area contributed by atoms with Gasteiger partial charge < -0.3 is 10.1 Å². The zero-order valence-electron chi connectivity index (χ0n) is 10.3. The van der Waals surface area contributed by atoms with Crippen molar-refractivity contribution in [1.29, 1.82) is 0 Å². The third kappa shape index (κ3) is 3.50. The number of nitrogen functional groups attached to an aromatic ring is 1. The first-order valence-corrected chi connectivity index (χ1v) is 5.32. The fourth-order valence-electron chi connectivity index (χ4n) is 1.40. The summed E-state index contributed by atoms with van der Waals surface area (Å²) in [6, 6.07) is 0. The molecule has 4 N–H and O–H groups in total. The minimum atomic E-state index is -0.520. The predicted octanol–water partition coefficient (Wildman–Crippen LogP) is 0.427. The van der Waals surface area contributed by atoms with Crippen LogP contribution in [-0.4, -0.2) is 35.2 Å². The highest BCUT2D eigenvalue weighted by Crippen LogP contribution is 2.26. The van der Waals surface area contributed by atoms with Gasteiger partial charge in [0.2, 0.25) is 11.8 Å². The maximum Gasteiger partial charge on any atom is 0.332 e. The van der Waals surface area contributed by atoms with E-state index in [-0.39, 0.29) is 23.1 Å². The maximum absolute atomic E-state index is 10.9. The summed E-state index contributed by atoms with van der Waals surface area (Å²) in [5.41, 5.74) is 2.37. The second-order valence-electron chi connectivity index (χ2n) is 3.50. The number of aryl methyl sites for hydroxylation is 1. The summed E-state index contributed by atoms with van der Waals surface area (Å²) in [4.78, 5) is 18.2. The minimum Gasteiger partial charge on any atom is -0.385 e. The average Bonchev–Trinajstić information content (AvgIpc) is 2.33. The lowest BCUT2D eigenvalue weighted by Gasteiger charge is -2.08. The van der Waals surface area contributed by atoms with Gasteiger partial charge in [-0.15, -0.1) is 0 Å². The highest BCUT2D eigenvalue weighted by Gasteiger charge is 2.21. The Hall–Kier alpha value is -2.00. The van der Waals surface area contributed by atoms with Crippen LogP contribution < -0.4 is 16.6 Å². The third-order valence-corrected chi connectivity index (χ3v) is 2.19. The molecule has 0 atom stereocenters. The number of ether oxygens (including phenoxy) is 1. The molecule has 0 fully saturated rings. The summed E-state index contributed by atoms with van der Waals surface area (Å²) >= 11 is 0. The Morgan fingerprint density at radius 2 is 2.22 bits per heavy atom. The van der Waals surface area contributed by atoms with Crippen LogP contribution in [0.5, 0.6) is 0 Å². The lowest BCUT2D eigenvalue weighted by atomic mass is 10.3. The number of nitrogens with one attached hydrogen (secondary N) is 2. The lowest BCUT2D eigenvalue weighted by molar-refractivity contribution is -0.385. The number of nitrogens with two attached hydrogens (primary N) is 1. The number of hydrogen-bond acceptors (Lipinski definition) is 8. The Bertz CT molecular complexity index is 425. The molecule has 9 nitrogen and oxygen atoms in total. The highest BCUT2D eigenvalue weighted by atomic mass is 16.6. The fourth-order valence-corrected chi connectivity index (χ4v) is 1.40. The standard InChI is InChI=1S/C9H16N6O3/c1-6-7(15(16)17)8(11-4-3-5-18-2)13-9(12-6)14-10/h3-5,10H2,1-2H3,(H2,11,12,13,14). The van der Waals surface area contributed by atoms with Gasteiger partial charge in [0.1, 0.15) is 5.69 Å². The molecule has 0 aliphatic carbocycles.